The normalized spacial score (nSPS) is 16.2. The van der Waals surface area contributed by atoms with Gasteiger partial charge in [-0.05, 0) is 118 Å². The fraction of sp³-hybridized carbons (Fsp3) is 0.200. The summed E-state index contributed by atoms with van der Waals surface area (Å²) in [6.07, 6.45) is 25.3. The van der Waals surface area contributed by atoms with Gasteiger partial charge in [0.25, 0.3) is 0 Å². The number of benzene rings is 4. The fourth-order valence-corrected chi connectivity index (χ4v) is 11.0. The van der Waals surface area contributed by atoms with E-state index >= 15 is 0 Å². The summed E-state index contributed by atoms with van der Waals surface area (Å²) in [5.74, 6) is 0.509. The van der Waals surface area contributed by atoms with E-state index < -0.39 is 0 Å². The molecule has 0 saturated heterocycles. The predicted molar refractivity (Wildman–Crippen MR) is 246 cm³/mol. The molecule has 2 atom stereocenters. The van der Waals surface area contributed by atoms with Crippen molar-refractivity contribution in [1.82, 2.24) is 14.4 Å². The Morgan fingerprint density at radius 2 is 1.47 bits per heavy atom. The average Bonchev–Trinajstić information content (AvgIpc) is 4.05. The Hall–Kier alpha value is -6.32. The van der Waals surface area contributed by atoms with E-state index in [1.807, 2.05) is 0 Å². The van der Waals surface area contributed by atoms with Crippen LogP contribution in [-0.4, -0.2) is 14.4 Å². The molecule has 58 heavy (non-hydrogen) atoms. The van der Waals surface area contributed by atoms with Gasteiger partial charge in [-0.1, -0.05) is 129 Å². The van der Waals surface area contributed by atoms with Crippen LogP contribution in [0, 0.1) is 6.92 Å². The highest BCUT2D eigenvalue weighted by Gasteiger charge is 2.32. The molecule has 3 nitrogen and oxygen atoms in total. The molecule has 3 aliphatic rings. The number of hydrogen-bond acceptors (Lipinski definition) is 2. The summed E-state index contributed by atoms with van der Waals surface area (Å²) >= 11 is 0. The quantitative estimate of drug-likeness (QED) is 0.109. The second-order valence-corrected chi connectivity index (χ2v) is 16.7. The van der Waals surface area contributed by atoms with Gasteiger partial charge in [0.05, 0.1) is 34.6 Å². The molecule has 8 aromatic rings. The number of aromatic nitrogens is 3. The first-order chi connectivity index (χ1) is 28.5. The Bertz CT molecular complexity index is 3160. The van der Waals surface area contributed by atoms with Crippen LogP contribution in [-0.2, 0) is 12.8 Å². The Labute approximate surface area is 340 Å². The summed E-state index contributed by atoms with van der Waals surface area (Å²) in [6, 6.07) is 27.2. The standard InChI is InChI=1S/C55H47N3/c1-6-16-35-25-26-46-50(35)54-48(31-57-46)58-47-30-56-33(5)49(34(7-2)8-3)53(47)52-45(43-24-15-23-42-41-22-14-10-18-37(41)28-44(42)43)29-38(51(54)55(52)58)19-11-12-20-39-32(4)27-36-17-9-13-21-40(36)39/h7,9-15,17-26,29-31,34-35H,2,6,8,16,27-28H2,1,3-5H3/b19-11+,20-12-. The highest BCUT2D eigenvalue weighted by molar-refractivity contribution is 6.30. The van der Waals surface area contributed by atoms with Crippen LogP contribution in [0.15, 0.2) is 128 Å². The molecule has 3 heteroatoms. The molecule has 0 aliphatic heterocycles. The van der Waals surface area contributed by atoms with Crippen LogP contribution in [0.25, 0.3) is 78.1 Å². The van der Waals surface area contributed by atoms with E-state index in [0.717, 1.165) is 54.5 Å². The molecular formula is C55H47N3. The van der Waals surface area contributed by atoms with E-state index in [4.69, 9.17) is 9.97 Å². The van der Waals surface area contributed by atoms with Crippen LogP contribution in [0.2, 0.25) is 0 Å². The molecule has 0 saturated carbocycles. The lowest BCUT2D eigenvalue weighted by Gasteiger charge is -2.18. The van der Waals surface area contributed by atoms with Crippen molar-refractivity contribution in [1.29, 1.82) is 0 Å². The molecular weight excluding hydrogens is 703 g/mol. The van der Waals surface area contributed by atoms with Crippen molar-refractivity contribution in [3.8, 4) is 22.3 Å². The molecule has 4 aromatic carbocycles. The van der Waals surface area contributed by atoms with Gasteiger partial charge in [0.15, 0.2) is 0 Å². The molecule has 4 heterocycles. The van der Waals surface area contributed by atoms with Gasteiger partial charge in [-0.25, -0.2) is 0 Å². The number of aryl methyl sites for hydroxylation is 1. The molecule has 3 aliphatic carbocycles. The zero-order valence-electron chi connectivity index (χ0n) is 33.9. The van der Waals surface area contributed by atoms with E-state index in [0.29, 0.717) is 5.92 Å². The van der Waals surface area contributed by atoms with Gasteiger partial charge in [0, 0.05) is 39.1 Å². The molecule has 0 spiro atoms. The zero-order valence-corrected chi connectivity index (χ0v) is 33.9. The van der Waals surface area contributed by atoms with Crippen molar-refractivity contribution in [3.05, 3.63) is 178 Å². The Morgan fingerprint density at radius 1 is 0.759 bits per heavy atom. The van der Waals surface area contributed by atoms with Gasteiger partial charge in [0.1, 0.15) is 0 Å². The summed E-state index contributed by atoms with van der Waals surface area (Å²) in [4.78, 5) is 10.3. The van der Waals surface area contributed by atoms with Gasteiger partial charge in [-0.15, -0.1) is 6.58 Å². The molecule has 0 fully saturated rings. The first kappa shape index (κ1) is 34.9. The van der Waals surface area contributed by atoms with Gasteiger partial charge in [-0.3, -0.25) is 9.97 Å². The van der Waals surface area contributed by atoms with Crippen LogP contribution in [0.3, 0.4) is 0 Å². The third kappa shape index (κ3) is 4.92. The van der Waals surface area contributed by atoms with E-state index in [-0.39, 0.29) is 5.92 Å². The second-order valence-electron chi connectivity index (χ2n) is 16.7. The summed E-state index contributed by atoms with van der Waals surface area (Å²) < 4.78 is 2.52. The lowest BCUT2D eigenvalue weighted by atomic mass is 9.85. The minimum atomic E-state index is 0.177. The summed E-state index contributed by atoms with van der Waals surface area (Å²) in [6.45, 7) is 13.4. The fourth-order valence-electron chi connectivity index (χ4n) is 11.0. The van der Waals surface area contributed by atoms with Crippen molar-refractivity contribution in [2.24, 2.45) is 0 Å². The average molecular weight is 750 g/mol. The van der Waals surface area contributed by atoms with E-state index in [2.05, 4.69) is 166 Å². The SMILES string of the molecule is C=CC(CC)c1c(C)ncc2c1c1c(-c3cccc4c3Cc3ccccc3-4)cc(/C=C/C=C\C3=C(C)Cc4ccccc43)c3c4c5c(ncc4n2c31)C=CC5CCC. The van der Waals surface area contributed by atoms with Crippen molar-refractivity contribution in [2.75, 3.05) is 0 Å². The molecule has 0 N–H and O–H groups in total. The maximum Gasteiger partial charge on any atom is 0.0729 e. The first-order valence-corrected chi connectivity index (χ1v) is 21.2. The van der Waals surface area contributed by atoms with Crippen LogP contribution in [0.1, 0.15) is 102 Å². The van der Waals surface area contributed by atoms with E-state index in [9.17, 15) is 0 Å². The Kier molecular flexibility index (Phi) is 8.05. The molecule has 2 unspecified atom stereocenters. The molecule has 11 rings (SSSR count). The Morgan fingerprint density at radius 3 is 2.26 bits per heavy atom. The largest absolute Gasteiger partial charge is 0.305 e. The Balaban J connectivity index is 1.26. The molecule has 282 valence electrons. The minimum absolute atomic E-state index is 0.177. The number of hydrogen-bond donors (Lipinski definition) is 0. The van der Waals surface area contributed by atoms with Crippen LogP contribution < -0.4 is 0 Å². The van der Waals surface area contributed by atoms with Gasteiger partial charge in [0.2, 0.25) is 0 Å². The molecule has 0 radical (unpaired) electrons. The summed E-state index contributed by atoms with van der Waals surface area (Å²) in [7, 11) is 0. The maximum atomic E-state index is 5.17. The highest BCUT2D eigenvalue weighted by atomic mass is 14.9. The summed E-state index contributed by atoms with van der Waals surface area (Å²) in [5.41, 5.74) is 23.3. The molecule has 4 aromatic heterocycles. The number of fused-ring (bicyclic) bond motifs is 12. The van der Waals surface area contributed by atoms with Gasteiger partial charge < -0.3 is 4.40 Å². The number of rotatable bonds is 9. The van der Waals surface area contributed by atoms with Crippen LogP contribution >= 0.6 is 0 Å². The van der Waals surface area contributed by atoms with Crippen LogP contribution in [0.4, 0.5) is 0 Å². The zero-order chi connectivity index (χ0) is 39.2. The molecule has 0 amide bonds. The van der Waals surface area contributed by atoms with E-state index in [1.165, 1.54) is 99.4 Å². The van der Waals surface area contributed by atoms with Crippen molar-refractivity contribution in [2.45, 2.75) is 71.6 Å². The lowest BCUT2D eigenvalue weighted by molar-refractivity contribution is 0.728. The van der Waals surface area contributed by atoms with Crippen molar-refractivity contribution >= 4 is 55.8 Å². The number of nitrogens with zero attached hydrogens (tertiary/aromatic N) is 3. The number of allylic oxidation sites excluding steroid dienone is 7. The van der Waals surface area contributed by atoms with E-state index in [1.54, 1.807) is 0 Å². The maximum absolute atomic E-state index is 5.17. The third-order valence-corrected chi connectivity index (χ3v) is 13.5. The third-order valence-electron chi connectivity index (χ3n) is 13.5. The lowest BCUT2D eigenvalue weighted by Crippen LogP contribution is -2.01. The number of pyridine rings is 2. The smallest absolute Gasteiger partial charge is 0.0729 e. The highest BCUT2D eigenvalue weighted by Crippen LogP contribution is 2.52. The predicted octanol–water partition coefficient (Wildman–Crippen LogP) is 14.4. The first-order valence-electron chi connectivity index (χ1n) is 21.2. The molecule has 0 bridgehead atoms. The minimum Gasteiger partial charge on any atom is -0.305 e. The second kappa shape index (κ2) is 13.4. The monoisotopic (exact) mass is 749 g/mol. The van der Waals surface area contributed by atoms with Gasteiger partial charge >= 0.3 is 0 Å². The summed E-state index contributed by atoms with van der Waals surface area (Å²) in [5, 5.41) is 5.25. The van der Waals surface area contributed by atoms with Crippen molar-refractivity contribution < 1.29 is 0 Å². The topological polar surface area (TPSA) is 30.2 Å². The van der Waals surface area contributed by atoms with Crippen LogP contribution in [0.5, 0.6) is 0 Å². The van der Waals surface area contributed by atoms with Gasteiger partial charge in [-0.2, -0.15) is 0 Å². The van der Waals surface area contributed by atoms with Crippen molar-refractivity contribution in [3.63, 3.8) is 0 Å².